The Morgan fingerprint density at radius 1 is 1.33 bits per heavy atom. The van der Waals surface area contributed by atoms with Crippen LogP contribution < -0.4 is 10.2 Å². The van der Waals surface area contributed by atoms with Gasteiger partial charge in [-0.05, 0) is 58.5 Å². The van der Waals surface area contributed by atoms with Crippen molar-refractivity contribution in [2.45, 2.75) is 0 Å². The first-order chi connectivity index (χ1) is 10.1. The summed E-state index contributed by atoms with van der Waals surface area (Å²) in [5.41, 5.74) is 3.39. The van der Waals surface area contributed by atoms with Crippen molar-refractivity contribution in [3.63, 3.8) is 0 Å². The smallest absolute Gasteiger partial charge is 0.271 e. The summed E-state index contributed by atoms with van der Waals surface area (Å²) in [6, 6.07) is 11.0. The third kappa shape index (κ3) is 4.25. The maximum absolute atomic E-state index is 13.0. The summed E-state index contributed by atoms with van der Waals surface area (Å²) in [5, 5.41) is 3.80. The van der Waals surface area contributed by atoms with Crippen LogP contribution in [0.3, 0.4) is 0 Å². The quantitative estimate of drug-likeness (QED) is 0.489. The van der Waals surface area contributed by atoms with Crippen LogP contribution in [0, 0.1) is 9.39 Å². The first kappa shape index (κ1) is 15.4. The van der Waals surface area contributed by atoms with Crippen LogP contribution in [0.15, 0.2) is 47.6 Å². The highest BCUT2D eigenvalue weighted by atomic mass is 127. The first-order valence-electron chi connectivity index (χ1n) is 6.02. The van der Waals surface area contributed by atoms with Crippen LogP contribution >= 0.6 is 22.6 Å². The van der Waals surface area contributed by atoms with Crippen molar-refractivity contribution < 1.29 is 13.9 Å². The Morgan fingerprint density at radius 2 is 2.14 bits per heavy atom. The molecule has 2 aromatic rings. The molecule has 2 aromatic carbocycles. The van der Waals surface area contributed by atoms with E-state index in [1.165, 1.54) is 18.3 Å². The molecule has 0 aliphatic heterocycles. The molecule has 4 nitrogen and oxygen atoms in total. The molecule has 0 bridgehead atoms. The molecule has 0 aromatic heterocycles. The fourth-order valence-electron chi connectivity index (χ4n) is 1.62. The van der Waals surface area contributed by atoms with E-state index in [1.54, 1.807) is 37.4 Å². The second kappa shape index (κ2) is 7.16. The van der Waals surface area contributed by atoms with E-state index in [2.05, 4.69) is 33.1 Å². The topological polar surface area (TPSA) is 50.7 Å². The van der Waals surface area contributed by atoms with Gasteiger partial charge >= 0.3 is 0 Å². The average molecular weight is 398 g/mol. The van der Waals surface area contributed by atoms with Crippen molar-refractivity contribution in [2.75, 3.05) is 7.11 Å². The van der Waals surface area contributed by atoms with Crippen LogP contribution in [0.5, 0.6) is 5.75 Å². The maximum atomic E-state index is 13.0. The summed E-state index contributed by atoms with van der Waals surface area (Å²) in [7, 11) is 1.54. The van der Waals surface area contributed by atoms with Gasteiger partial charge in [0.2, 0.25) is 0 Å². The third-order valence-corrected chi connectivity index (χ3v) is 3.53. The minimum atomic E-state index is -0.364. The summed E-state index contributed by atoms with van der Waals surface area (Å²) in [6.45, 7) is 0. The van der Waals surface area contributed by atoms with Crippen LogP contribution in [-0.2, 0) is 0 Å². The lowest BCUT2D eigenvalue weighted by Crippen LogP contribution is -2.17. The molecule has 0 saturated heterocycles. The molecular weight excluding hydrogens is 386 g/mol. The van der Waals surface area contributed by atoms with E-state index in [0.717, 1.165) is 3.57 Å². The van der Waals surface area contributed by atoms with Gasteiger partial charge < -0.3 is 4.74 Å². The first-order valence-corrected chi connectivity index (χ1v) is 7.10. The van der Waals surface area contributed by atoms with Gasteiger partial charge in [-0.2, -0.15) is 5.10 Å². The second-order valence-electron chi connectivity index (χ2n) is 4.10. The van der Waals surface area contributed by atoms with Gasteiger partial charge in [-0.25, -0.2) is 9.82 Å². The highest BCUT2D eigenvalue weighted by Gasteiger charge is 2.08. The van der Waals surface area contributed by atoms with Gasteiger partial charge in [0.15, 0.2) is 0 Å². The Bertz CT molecular complexity index is 689. The van der Waals surface area contributed by atoms with Gasteiger partial charge in [0.05, 0.1) is 16.9 Å². The molecule has 0 unspecified atom stereocenters. The SMILES string of the molecule is COc1cc(C(=O)N/N=C\c2cccc(F)c2)ccc1I. The van der Waals surface area contributed by atoms with E-state index in [9.17, 15) is 9.18 Å². The van der Waals surface area contributed by atoms with Gasteiger partial charge in [-0.3, -0.25) is 4.79 Å². The van der Waals surface area contributed by atoms with E-state index in [4.69, 9.17) is 4.74 Å². The van der Waals surface area contributed by atoms with Crippen molar-refractivity contribution in [1.82, 2.24) is 5.43 Å². The number of benzene rings is 2. The predicted molar refractivity (Wildman–Crippen MR) is 87.2 cm³/mol. The molecule has 21 heavy (non-hydrogen) atoms. The summed E-state index contributed by atoms with van der Waals surface area (Å²) in [6.07, 6.45) is 1.38. The minimum Gasteiger partial charge on any atom is -0.496 e. The number of methoxy groups -OCH3 is 1. The number of hydrazone groups is 1. The van der Waals surface area contributed by atoms with Crippen LogP contribution in [-0.4, -0.2) is 19.2 Å². The zero-order valence-corrected chi connectivity index (χ0v) is 13.3. The molecular formula is C15H12FIN2O2. The van der Waals surface area contributed by atoms with Crippen LogP contribution in [0.4, 0.5) is 4.39 Å². The number of nitrogens with zero attached hydrogens (tertiary/aromatic N) is 1. The average Bonchev–Trinajstić information content (AvgIpc) is 2.47. The van der Waals surface area contributed by atoms with Crippen LogP contribution in [0.2, 0.25) is 0 Å². The lowest BCUT2D eigenvalue weighted by atomic mass is 10.2. The standard InChI is InChI=1S/C15H12FIN2O2/c1-21-14-8-11(5-6-13(14)17)15(20)19-18-9-10-3-2-4-12(16)7-10/h2-9H,1H3,(H,19,20)/b18-9-. The molecule has 2 rings (SSSR count). The largest absolute Gasteiger partial charge is 0.496 e. The van der Waals surface area contributed by atoms with E-state index >= 15 is 0 Å². The molecule has 0 radical (unpaired) electrons. The molecule has 0 fully saturated rings. The lowest BCUT2D eigenvalue weighted by molar-refractivity contribution is 0.0955. The summed E-state index contributed by atoms with van der Waals surface area (Å²) < 4.78 is 19.0. The van der Waals surface area contributed by atoms with E-state index in [0.29, 0.717) is 16.9 Å². The van der Waals surface area contributed by atoms with Gasteiger partial charge in [-0.1, -0.05) is 12.1 Å². The van der Waals surface area contributed by atoms with E-state index in [1.807, 2.05) is 0 Å². The second-order valence-corrected chi connectivity index (χ2v) is 5.27. The van der Waals surface area contributed by atoms with Crippen LogP contribution in [0.25, 0.3) is 0 Å². The van der Waals surface area contributed by atoms with E-state index in [-0.39, 0.29) is 11.7 Å². The molecule has 0 spiro atoms. The number of hydrogen-bond acceptors (Lipinski definition) is 3. The predicted octanol–water partition coefficient (Wildman–Crippen LogP) is 3.20. The molecule has 0 saturated carbocycles. The fourth-order valence-corrected chi connectivity index (χ4v) is 2.17. The van der Waals surface area contributed by atoms with Crippen molar-refractivity contribution >= 4 is 34.7 Å². The van der Waals surface area contributed by atoms with Gasteiger partial charge in [0.25, 0.3) is 5.91 Å². The number of carbonyl (C=O) groups is 1. The molecule has 1 amide bonds. The number of amides is 1. The highest BCUT2D eigenvalue weighted by Crippen LogP contribution is 2.21. The molecule has 0 aliphatic rings. The molecule has 0 heterocycles. The normalized spacial score (nSPS) is 10.6. The number of ether oxygens (including phenoxy) is 1. The van der Waals surface area contributed by atoms with Crippen LogP contribution in [0.1, 0.15) is 15.9 Å². The lowest BCUT2D eigenvalue weighted by Gasteiger charge is -2.05. The summed E-state index contributed by atoms with van der Waals surface area (Å²) in [4.78, 5) is 11.9. The number of rotatable bonds is 4. The zero-order valence-electron chi connectivity index (χ0n) is 11.1. The Labute approximate surface area is 135 Å². The van der Waals surface area contributed by atoms with Gasteiger partial charge in [-0.15, -0.1) is 0 Å². The number of nitrogens with one attached hydrogen (secondary N) is 1. The maximum Gasteiger partial charge on any atom is 0.271 e. The number of hydrogen-bond donors (Lipinski definition) is 1. The fraction of sp³-hybridized carbons (Fsp3) is 0.0667. The molecule has 1 N–H and O–H groups in total. The van der Waals surface area contributed by atoms with Gasteiger partial charge in [0, 0.05) is 5.56 Å². The van der Waals surface area contributed by atoms with Crippen molar-refractivity contribution in [3.8, 4) is 5.75 Å². The van der Waals surface area contributed by atoms with Crippen molar-refractivity contribution in [3.05, 3.63) is 63.0 Å². The minimum absolute atomic E-state index is 0.354. The highest BCUT2D eigenvalue weighted by molar-refractivity contribution is 14.1. The number of halogens is 2. The molecule has 6 heteroatoms. The number of carbonyl (C=O) groups excluding carboxylic acids is 1. The molecule has 108 valence electrons. The third-order valence-electron chi connectivity index (χ3n) is 2.64. The Balaban J connectivity index is 2.05. The molecule has 0 atom stereocenters. The summed E-state index contributed by atoms with van der Waals surface area (Å²) >= 11 is 2.12. The Hall–Kier alpha value is -1.96. The van der Waals surface area contributed by atoms with E-state index < -0.39 is 0 Å². The van der Waals surface area contributed by atoms with Crippen molar-refractivity contribution in [1.29, 1.82) is 0 Å². The Morgan fingerprint density at radius 3 is 2.86 bits per heavy atom. The van der Waals surface area contributed by atoms with Gasteiger partial charge in [0.1, 0.15) is 11.6 Å². The zero-order chi connectivity index (χ0) is 15.2. The Kier molecular flexibility index (Phi) is 5.26. The van der Waals surface area contributed by atoms with Crippen molar-refractivity contribution in [2.24, 2.45) is 5.10 Å². The molecule has 0 aliphatic carbocycles. The monoisotopic (exact) mass is 398 g/mol. The summed E-state index contributed by atoms with van der Waals surface area (Å²) in [5.74, 6) is -0.0950.